The van der Waals surface area contributed by atoms with Crippen LogP contribution < -0.4 is 10.1 Å². The molecule has 4 rings (SSSR count). The number of carbonyl (C=O) groups is 1. The highest BCUT2D eigenvalue weighted by Gasteiger charge is 2.18. The summed E-state index contributed by atoms with van der Waals surface area (Å²) in [5, 5.41) is 8.38. The Kier molecular flexibility index (Phi) is 5.61. The lowest BCUT2D eigenvalue weighted by molar-refractivity contribution is 0.0528. The number of nitrogens with zero attached hydrogens (tertiary/aromatic N) is 3. The molecule has 152 valence electrons. The van der Waals surface area contributed by atoms with Gasteiger partial charge in [0.15, 0.2) is 5.65 Å². The molecule has 0 spiro atoms. The molecule has 0 radical (unpaired) electrons. The molecular formula is C23H22N4O3. The Labute approximate surface area is 174 Å². The number of hydrogen-bond acceptors (Lipinski definition) is 6. The van der Waals surface area contributed by atoms with E-state index >= 15 is 0 Å². The normalized spacial score (nSPS) is 10.7. The number of esters is 1. The molecule has 0 bridgehead atoms. The van der Waals surface area contributed by atoms with Crippen LogP contribution in [0.4, 0.5) is 11.5 Å². The van der Waals surface area contributed by atoms with Gasteiger partial charge in [0, 0.05) is 5.69 Å². The van der Waals surface area contributed by atoms with Crippen LogP contribution in [0.15, 0.2) is 66.9 Å². The zero-order valence-corrected chi connectivity index (χ0v) is 16.8. The molecule has 0 unspecified atom stereocenters. The molecule has 30 heavy (non-hydrogen) atoms. The highest BCUT2D eigenvalue weighted by atomic mass is 16.5. The highest BCUT2D eigenvalue weighted by Crippen LogP contribution is 2.25. The van der Waals surface area contributed by atoms with E-state index in [9.17, 15) is 4.79 Å². The van der Waals surface area contributed by atoms with Crippen LogP contribution in [0.1, 0.15) is 22.8 Å². The summed E-state index contributed by atoms with van der Waals surface area (Å²) in [6.07, 6.45) is 1.66. The molecule has 7 heteroatoms. The highest BCUT2D eigenvalue weighted by molar-refractivity contribution is 6.03. The SMILES string of the molecule is CCOC(=O)c1cc(Nc2ccccc2)nc2c1cnn2Cc1ccc(OC)cc1. The maximum absolute atomic E-state index is 12.6. The van der Waals surface area contributed by atoms with Crippen molar-refractivity contribution in [2.75, 3.05) is 19.0 Å². The van der Waals surface area contributed by atoms with Gasteiger partial charge in [-0.05, 0) is 42.8 Å². The van der Waals surface area contributed by atoms with Gasteiger partial charge < -0.3 is 14.8 Å². The van der Waals surface area contributed by atoms with Crippen molar-refractivity contribution < 1.29 is 14.3 Å². The molecule has 0 saturated carbocycles. The molecule has 2 heterocycles. The molecule has 0 atom stereocenters. The van der Waals surface area contributed by atoms with Gasteiger partial charge in [-0.3, -0.25) is 0 Å². The molecule has 0 fully saturated rings. The van der Waals surface area contributed by atoms with Crippen LogP contribution in [0.5, 0.6) is 5.75 Å². The number of para-hydroxylation sites is 1. The third kappa shape index (κ3) is 4.10. The van der Waals surface area contributed by atoms with Crippen LogP contribution in [0, 0.1) is 0 Å². The maximum Gasteiger partial charge on any atom is 0.339 e. The molecule has 1 N–H and O–H groups in total. The first-order chi connectivity index (χ1) is 14.7. The van der Waals surface area contributed by atoms with E-state index in [0.717, 1.165) is 17.0 Å². The zero-order valence-electron chi connectivity index (χ0n) is 16.8. The van der Waals surface area contributed by atoms with Gasteiger partial charge >= 0.3 is 5.97 Å². The van der Waals surface area contributed by atoms with E-state index in [-0.39, 0.29) is 0 Å². The summed E-state index contributed by atoms with van der Waals surface area (Å²) in [5.74, 6) is 0.944. The van der Waals surface area contributed by atoms with Crippen molar-refractivity contribution in [3.8, 4) is 5.75 Å². The molecule has 2 aromatic carbocycles. The summed E-state index contributed by atoms with van der Waals surface area (Å²) < 4.78 is 12.2. The number of fused-ring (bicyclic) bond motifs is 1. The second-order valence-corrected chi connectivity index (χ2v) is 6.65. The smallest absolute Gasteiger partial charge is 0.339 e. The summed E-state index contributed by atoms with van der Waals surface area (Å²) >= 11 is 0. The molecule has 0 amide bonds. The third-order valence-electron chi connectivity index (χ3n) is 4.64. The fourth-order valence-corrected chi connectivity index (χ4v) is 3.18. The number of aromatic nitrogens is 3. The van der Waals surface area contributed by atoms with E-state index in [4.69, 9.17) is 14.5 Å². The van der Waals surface area contributed by atoms with E-state index in [1.807, 2.05) is 54.6 Å². The maximum atomic E-state index is 12.6. The van der Waals surface area contributed by atoms with Gasteiger partial charge in [0.1, 0.15) is 11.6 Å². The van der Waals surface area contributed by atoms with Gasteiger partial charge in [-0.25, -0.2) is 14.5 Å². The van der Waals surface area contributed by atoms with Gasteiger partial charge in [0.2, 0.25) is 0 Å². The number of methoxy groups -OCH3 is 1. The lowest BCUT2D eigenvalue weighted by atomic mass is 10.2. The van der Waals surface area contributed by atoms with Gasteiger partial charge in [-0.1, -0.05) is 30.3 Å². The van der Waals surface area contributed by atoms with Gasteiger partial charge in [0.25, 0.3) is 0 Å². The van der Waals surface area contributed by atoms with Crippen LogP contribution in [-0.4, -0.2) is 34.5 Å². The van der Waals surface area contributed by atoms with Crippen molar-refractivity contribution in [1.29, 1.82) is 0 Å². The first kappa shape index (κ1) is 19.4. The summed E-state index contributed by atoms with van der Waals surface area (Å²) in [5.41, 5.74) is 2.96. The zero-order chi connectivity index (χ0) is 20.9. The van der Waals surface area contributed by atoms with Crippen molar-refractivity contribution >= 4 is 28.5 Å². The van der Waals surface area contributed by atoms with E-state index in [1.165, 1.54) is 0 Å². The topological polar surface area (TPSA) is 78.3 Å². The number of pyridine rings is 1. The molecule has 0 aliphatic carbocycles. The van der Waals surface area contributed by atoms with Crippen molar-refractivity contribution in [3.05, 3.63) is 78.0 Å². The first-order valence-electron chi connectivity index (χ1n) is 9.66. The lowest BCUT2D eigenvalue weighted by Gasteiger charge is -2.10. The predicted molar refractivity (Wildman–Crippen MR) is 115 cm³/mol. The van der Waals surface area contributed by atoms with Crippen LogP contribution in [-0.2, 0) is 11.3 Å². The van der Waals surface area contributed by atoms with Crippen molar-refractivity contribution in [2.24, 2.45) is 0 Å². The Morgan fingerprint density at radius 2 is 1.87 bits per heavy atom. The largest absolute Gasteiger partial charge is 0.497 e. The number of hydrogen-bond donors (Lipinski definition) is 1. The Morgan fingerprint density at radius 3 is 2.57 bits per heavy atom. The van der Waals surface area contributed by atoms with Gasteiger partial charge in [-0.15, -0.1) is 0 Å². The minimum Gasteiger partial charge on any atom is -0.497 e. The van der Waals surface area contributed by atoms with Gasteiger partial charge in [-0.2, -0.15) is 5.10 Å². The van der Waals surface area contributed by atoms with Crippen molar-refractivity contribution in [3.63, 3.8) is 0 Å². The monoisotopic (exact) mass is 402 g/mol. The Balaban J connectivity index is 1.74. The van der Waals surface area contributed by atoms with Crippen LogP contribution in [0.2, 0.25) is 0 Å². The molecule has 2 aromatic heterocycles. The minimum atomic E-state index is -0.398. The molecular weight excluding hydrogens is 380 g/mol. The molecule has 4 aromatic rings. The fourth-order valence-electron chi connectivity index (χ4n) is 3.18. The second kappa shape index (κ2) is 8.65. The van der Waals surface area contributed by atoms with E-state index in [1.54, 1.807) is 31.0 Å². The summed E-state index contributed by atoms with van der Waals surface area (Å²) in [4.78, 5) is 17.3. The van der Waals surface area contributed by atoms with E-state index in [0.29, 0.717) is 35.6 Å². The third-order valence-corrected chi connectivity index (χ3v) is 4.64. The van der Waals surface area contributed by atoms with Crippen LogP contribution in [0.25, 0.3) is 11.0 Å². The first-order valence-corrected chi connectivity index (χ1v) is 9.66. The number of rotatable bonds is 7. The summed E-state index contributed by atoms with van der Waals surface area (Å²) in [6.45, 7) is 2.59. The summed E-state index contributed by atoms with van der Waals surface area (Å²) in [7, 11) is 1.64. The van der Waals surface area contributed by atoms with Gasteiger partial charge in [0.05, 0.1) is 37.4 Å². The quantitative estimate of drug-likeness (QED) is 0.462. The summed E-state index contributed by atoms with van der Waals surface area (Å²) in [6, 6.07) is 19.1. The Bertz CT molecular complexity index is 1150. The number of ether oxygens (including phenoxy) is 2. The fraction of sp³-hybridized carbons (Fsp3) is 0.174. The van der Waals surface area contributed by atoms with Crippen molar-refractivity contribution in [1.82, 2.24) is 14.8 Å². The van der Waals surface area contributed by atoms with Crippen molar-refractivity contribution in [2.45, 2.75) is 13.5 Å². The Morgan fingerprint density at radius 1 is 1.10 bits per heavy atom. The average Bonchev–Trinajstić information content (AvgIpc) is 3.17. The Hall–Kier alpha value is -3.87. The standard InChI is InChI=1S/C23H22N4O3/c1-3-30-23(28)19-13-21(25-17-7-5-4-6-8-17)26-22-20(19)14-24-27(22)15-16-9-11-18(29-2)12-10-16/h4-14H,3,15H2,1-2H3,(H,25,26). The molecule has 0 aliphatic rings. The number of carbonyl (C=O) groups excluding carboxylic acids is 1. The molecule has 0 saturated heterocycles. The minimum absolute atomic E-state index is 0.296. The van der Waals surface area contributed by atoms with Crippen LogP contribution >= 0.6 is 0 Å². The van der Waals surface area contributed by atoms with E-state index < -0.39 is 5.97 Å². The number of nitrogens with one attached hydrogen (secondary N) is 1. The lowest BCUT2D eigenvalue weighted by Crippen LogP contribution is -2.08. The van der Waals surface area contributed by atoms with E-state index in [2.05, 4.69) is 10.4 Å². The molecule has 0 aliphatic heterocycles. The van der Waals surface area contributed by atoms with Crippen LogP contribution in [0.3, 0.4) is 0 Å². The molecule has 7 nitrogen and oxygen atoms in total. The second-order valence-electron chi connectivity index (χ2n) is 6.65. The average molecular weight is 402 g/mol. The predicted octanol–water partition coefficient (Wildman–Crippen LogP) is 4.41. The number of anilines is 2. The number of benzene rings is 2.